The minimum atomic E-state index is -3.60. The van der Waals surface area contributed by atoms with Crippen molar-refractivity contribution < 1.29 is 22.7 Å². The maximum absolute atomic E-state index is 13.8. The van der Waals surface area contributed by atoms with Gasteiger partial charge in [-0.25, -0.2) is 12.7 Å². The molecule has 2 heterocycles. The van der Waals surface area contributed by atoms with Gasteiger partial charge in [-0.05, 0) is 68.2 Å². The lowest BCUT2D eigenvalue weighted by atomic mass is 9.70. The minimum absolute atomic E-state index is 0.0411. The maximum atomic E-state index is 13.8. The Morgan fingerprint density at radius 1 is 1.00 bits per heavy atom. The molecule has 2 bridgehead atoms. The molecule has 0 aromatic heterocycles. The number of fused-ring (bicyclic) bond motifs is 3. The van der Waals surface area contributed by atoms with Crippen molar-refractivity contribution in [3.63, 3.8) is 0 Å². The van der Waals surface area contributed by atoms with Crippen LogP contribution < -0.4 is 4.74 Å². The molecule has 0 radical (unpaired) electrons. The van der Waals surface area contributed by atoms with E-state index in [-0.39, 0.29) is 28.8 Å². The van der Waals surface area contributed by atoms with Crippen molar-refractivity contribution in [3.05, 3.63) is 65.2 Å². The first kappa shape index (κ1) is 29.4. The number of amides is 1. The summed E-state index contributed by atoms with van der Waals surface area (Å²) in [5, 5.41) is 0. The van der Waals surface area contributed by atoms with E-state index in [0.29, 0.717) is 63.3 Å². The molecule has 2 aromatic carbocycles. The van der Waals surface area contributed by atoms with Crippen molar-refractivity contribution in [3.8, 4) is 5.75 Å². The Morgan fingerprint density at radius 3 is 2.26 bits per heavy atom. The lowest BCUT2D eigenvalue weighted by Crippen LogP contribution is -2.54. The zero-order valence-corrected chi connectivity index (χ0v) is 26.2. The van der Waals surface area contributed by atoms with Crippen LogP contribution in [0.5, 0.6) is 5.75 Å². The number of ether oxygens (including phenoxy) is 1. The smallest absolute Gasteiger partial charge is 0.253 e. The molecule has 6 rings (SSSR count). The Morgan fingerprint density at radius 2 is 1.67 bits per heavy atom. The predicted molar refractivity (Wildman–Crippen MR) is 163 cm³/mol. The minimum Gasteiger partial charge on any atom is -0.487 e. The number of ketones is 1. The van der Waals surface area contributed by atoms with Crippen LogP contribution in [0, 0.1) is 16.7 Å². The van der Waals surface area contributed by atoms with Gasteiger partial charge >= 0.3 is 0 Å². The Kier molecular flexibility index (Phi) is 7.32. The predicted octanol–water partition coefficient (Wildman–Crippen LogP) is 5.64. The number of piperidine rings is 1. The van der Waals surface area contributed by atoms with Crippen LogP contribution in [-0.4, -0.2) is 66.8 Å². The van der Waals surface area contributed by atoms with E-state index >= 15 is 0 Å². The molecule has 226 valence electrons. The number of nitrogens with zero attached hydrogens (tertiary/aromatic N) is 2. The second kappa shape index (κ2) is 10.5. The molecule has 4 aliphatic rings. The van der Waals surface area contributed by atoms with Crippen LogP contribution in [0.25, 0.3) is 0 Å². The molecular formula is C34H44N2O5S. The summed E-state index contributed by atoms with van der Waals surface area (Å²) in [6, 6.07) is 16.1. The van der Waals surface area contributed by atoms with Gasteiger partial charge in [0.15, 0.2) is 0 Å². The third kappa shape index (κ3) is 4.60. The van der Waals surface area contributed by atoms with Gasteiger partial charge in [-0.2, -0.15) is 0 Å². The normalized spacial score (nSPS) is 28.0. The van der Waals surface area contributed by atoms with E-state index in [0.717, 1.165) is 29.7 Å². The fourth-order valence-electron chi connectivity index (χ4n) is 8.46. The molecule has 3 atom stereocenters. The fourth-order valence-corrected chi connectivity index (χ4v) is 10.7. The lowest BCUT2D eigenvalue weighted by Gasteiger charge is -2.47. The lowest BCUT2D eigenvalue weighted by molar-refractivity contribution is -0.128. The van der Waals surface area contributed by atoms with Crippen molar-refractivity contribution in [1.82, 2.24) is 9.21 Å². The van der Waals surface area contributed by atoms with E-state index in [1.54, 1.807) is 4.31 Å². The van der Waals surface area contributed by atoms with Crippen molar-refractivity contribution in [2.24, 2.45) is 16.7 Å². The molecule has 1 saturated heterocycles. The summed E-state index contributed by atoms with van der Waals surface area (Å²) in [5.41, 5.74) is 1.44. The maximum Gasteiger partial charge on any atom is 0.253 e. The van der Waals surface area contributed by atoms with Gasteiger partial charge in [0.25, 0.3) is 5.91 Å². The summed E-state index contributed by atoms with van der Waals surface area (Å²) in [6.07, 6.45) is 4.09. The number of benzene rings is 2. The van der Waals surface area contributed by atoms with Gasteiger partial charge in [0, 0.05) is 67.9 Å². The molecule has 2 saturated carbocycles. The molecule has 8 heteroatoms. The van der Waals surface area contributed by atoms with Crippen LogP contribution in [0.3, 0.4) is 0 Å². The van der Waals surface area contributed by atoms with Crippen molar-refractivity contribution in [2.45, 2.75) is 77.7 Å². The Balaban J connectivity index is 1.21. The van der Waals surface area contributed by atoms with Crippen LogP contribution >= 0.6 is 0 Å². The van der Waals surface area contributed by atoms with E-state index in [9.17, 15) is 18.0 Å². The average molecular weight is 593 g/mol. The highest BCUT2D eigenvalue weighted by Crippen LogP contribution is 2.64. The first-order valence-corrected chi connectivity index (χ1v) is 17.2. The Hall–Kier alpha value is -2.71. The Labute approximate surface area is 250 Å². The quantitative estimate of drug-likeness (QED) is 0.415. The van der Waals surface area contributed by atoms with Crippen LogP contribution in [0.4, 0.5) is 0 Å². The molecule has 2 unspecified atom stereocenters. The van der Waals surface area contributed by atoms with Gasteiger partial charge < -0.3 is 9.64 Å². The largest absolute Gasteiger partial charge is 0.487 e. The highest BCUT2D eigenvalue weighted by molar-refractivity contribution is 7.89. The summed E-state index contributed by atoms with van der Waals surface area (Å²) < 4.78 is 35.9. The molecule has 0 N–H and O–H groups in total. The monoisotopic (exact) mass is 592 g/mol. The molecule has 1 spiro atoms. The van der Waals surface area contributed by atoms with E-state index in [2.05, 4.69) is 32.0 Å². The molecule has 2 aromatic rings. The molecule has 42 heavy (non-hydrogen) atoms. The molecule has 1 amide bonds. The van der Waals surface area contributed by atoms with Crippen LogP contribution in [0.15, 0.2) is 48.5 Å². The average Bonchev–Trinajstić information content (AvgIpc) is 3.32. The summed E-state index contributed by atoms with van der Waals surface area (Å²) in [6.45, 7) is 10.3. The highest BCUT2D eigenvalue weighted by Gasteiger charge is 2.65. The number of carbonyl (C=O) groups excluding carboxylic acids is 2. The van der Waals surface area contributed by atoms with E-state index in [1.165, 1.54) is 0 Å². The van der Waals surface area contributed by atoms with Gasteiger partial charge in [-0.15, -0.1) is 0 Å². The zero-order chi connectivity index (χ0) is 29.9. The van der Waals surface area contributed by atoms with E-state index in [4.69, 9.17) is 4.74 Å². The fraction of sp³-hybridized carbons (Fsp3) is 0.588. The Bertz CT molecular complexity index is 1470. The molecule has 3 fully saturated rings. The third-order valence-corrected chi connectivity index (χ3v) is 13.4. The first-order valence-electron chi connectivity index (χ1n) is 15.6. The van der Waals surface area contributed by atoms with E-state index in [1.807, 2.05) is 49.1 Å². The zero-order valence-electron chi connectivity index (χ0n) is 25.4. The SMILES string of the molecule is CCN(CC)C(=O)c1ccc(C2CC3(CCN(S(=O)(=O)CC45CC[C@H](CC4=O)C5(C)C)CC3)Oc3ccccc32)cc1. The van der Waals surface area contributed by atoms with Gasteiger partial charge in [0.1, 0.15) is 17.1 Å². The second-order valence-electron chi connectivity index (χ2n) is 13.5. The summed E-state index contributed by atoms with van der Waals surface area (Å²) in [4.78, 5) is 27.8. The van der Waals surface area contributed by atoms with Crippen molar-refractivity contribution in [1.29, 1.82) is 0 Å². The number of carbonyl (C=O) groups is 2. The summed E-state index contributed by atoms with van der Waals surface area (Å²) >= 11 is 0. The molecule has 2 aliphatic carbocycles. The number of hydrogen-bond donors (Lipinski definition) is 0. The summed E-state index contributed by atoms with van der Waals surface area (Å²) in [5.74, 6) is 1.34. The van der Waals surface area contributed by atoms with Gasteiger partial charge in [-0.1, -0.05) is 44.2 Å². The number of sulfonamides is 1. The topological polar surface area (TPSA) is 84.0 Å². The van der Waals surface area contributed by atoms with E-state index < -0.39 is 21.0 Å². The van der Waals surface area contributed by atoms with Crippen LogP contribution in [-0.2, 0) is 14.8 Å². The molecule has 7 nitrogen and oxygen atoms in total. The van der Waals surface area contributed by atoms with Crippen LogP contribution in [0.2, 0.25) is 0 Å². The molecule has 2 aliphatic heterocycles. The van der Waals surface area contributed by atoms with Crippen molar-refractivity contribution in [2.75, 3.05) is 31.9 Å². The summed E-state index contributed by atoms with van der Waals surface area (Å²) in [7, 11) is -3.60. The van der Waals surface area contributed by atoms with Crippen LogP contribution in [0.1, 0.15) is 93.6 Å². The third-order valence-electron chi connectivity index (χ3n) is 11.4. The van der Waals surface area contributed by atoms with Crippen molar-refractivity contribution >= 4 is 21.7 Å². The number of rotatable bonds is 7. The number of Topliss-reactive ketones (excluding diaryl/α,β-unsaturated/α-hetero) is 1. The molecular weight excluding hydrogens is 548 g/mol. The highest BCUT2D eigenvalue weighted by atomic mass is 32.2. The number of para-hydroxylation sites is 1. The van der Waals surface area contributed by atoms with Gasteiger partial charge in [-0.3, -0.25) is 9.59 Å². The first-order chi connectivity index (χ1) is 20.0. The van der Waals surface area contributed by atoms with Gasteiger partial charge in [0.2, 0.25) is 10.0 Å². The number of hydrogen-bond acceptors (Lipinski definition) is 5. The standard InChI is InChI=1S/C34H44N2O5S/c1-5-35(6-2)31(38)25-13-11-24(12-14-25)28-22-33(41-29-10-8-7-9-27(28)29)17-19-36(20-18-33)42(39,40)23-34-16-15-26(21-30(34)37)32(34,3)4/h7-14,26,28H,5-6,15-23H2,1-4H3/t26-,28?,34?/m1/s1. The second-order valence-corrected chi connectivity index (χ2v) is 15.5. The van der Waals surface area contributed by atoms with Gasteiger partial charge in [0.05, 0.1) is 5.75 Å².